The maximum atomic E-state index is 4.84. The third-order valence-corrected chi connectivity index (χ3v) is 6.86. The van der Waals surface area contributed by atoms with E-state index in [0.717, 1.165) is 17.1 Å². The third kappa shape index (κ3) is 3.84. The summed E-state index contributed by atoms with van der Waals surface area (Å²) in [5.41, 5.74) is 1.54. The van der Waals surface area contributed by atoms with Gasteiger partial charge in [-0.1, -0.05) is 58.0 Å². The molecule has 1 saturated carbocycles. The minimum absolute atomic E-state index is 0.297. The van der Waals surface area contributed by atoms with Crippen molar-refractivity contribution in [3.05, 3.63) is 18.0 Å². The van der Waals surface area contributed by atoms with Gasteiger partial charge in [0.1, 0.15) is 0 Å². The lowest BCUT2D eigenvalue weighted by Crippen LogP contribution is -2.27. The molecule has 1 aliphatic carbocycles. The second-order valence-corrected chi connectivity index (χ2v) is 7.00. The normalized spacial score (nSPS) is 17.8. The summed E-state index contributed by atoms with van der Waals surface area (Å²) in [4.78, 5) is 0. The van der Waals surface area contributed by atoms with Gasteiger partial charge in [-0.2, -0.15) is 5.10 Å². The molecule has 0 spiro atoms. The smallest absolute Gasteiger partial charge is 0.0630 e. The average molecular weight is 392 g/mol. The highest BCUT2D eigenvalue weighted by Gasteiger charge is 2.27. The van der Waals surface area contributed by atoms with E-state index >= 15 is 0 Å². The Morgan fingerprint density at radius 3 is 2.53 bits per heavy atom. The number of rotatable bonds is 6. The molecule has 0 N–H and O–H groups in total. The van der Waals surface area contributed by atoms with Crippen LogP contribution in [0, 0.1) is 5.41 Å². The number of aromatic nitrogens is 2. The third-order valence-electron chi connectivity index (χ3n) is 4.49. The highest BCUT2D eigenvalue weighted by Crippen LogP contribution is 2.32. The zero-order chi connectivity index (χ0) is 13.7. The summed E-state index contributed by atoms with van der Waals surface area (Å²) >= 11 is 7.34. The van der Waals surface area contributed by atoms with Gasteiger partial charge >= 0.3 is 0 Å². The molecular weight excluding hydrogens is 368 g/mol. The summed E-state index contributed by atoms with van der Waals surface area (Å²) in [5, 5.41) is 6.89. The van der Waals surface area contributed by atoms with Crippen LogP contribution in [0.15, 0.2) is 12.3 Å². The largest absolute Gasteiger partial charge is 0.269 e. The molecule has 1 fully saturated rings. The fraction of sp³-hybridized carbons (Fsp3) is 0.800. The fourth-order valence-corrected chi connectivity index (χ4v) is 4.97. The van der Waals surface area contributed by atoms with Crippen LogP contribution in [0.1, 0.15) is 57.2 Å². The van der Waals surface area contributed by atoms with Crippen LogP contribution in [-0.4, -0.2) is 20.4 Å². The minimum Gasteiger partial charge on any atom is -0.269 e. The SMILES string of the molecule is CCC(CBr)(CBr)Cc1ccn(C2CCCCC2)n1. The molecule has 2 rings (SSSR count). The first-order valence-electron chi connectivity index (χ1n) is 7.39. The number of hydrogen-bond donors (Lipinski definition) is 0. The molecular formula is C15H24Br2N2. The van der Waals surface area contributed by atoms with Gasteiger partial charge < -0.3 is 0 Å². The topological polar surface area (TPSA) is 17.8 Å². The Hall–Kier alpha value is 0.170. The van der Waals surface area contributed by atoms with E-state index < -0.39 is 0 Å². The zero-order valence-corrected chi connectivity index (χ0v) is 14.9. The van der Waals surface area contributed by atoms with E-state index in [1.807, 2.05) is 0 Å². The van der Waals surface area contributed by atoms with Gasteiger partial charge in [-0.25, -0.2) is 0 Å². The molecule has 1 aliphatic rings. The van der Waals surface area contributed by atoms with Gasteiger partial charge in [0, 0.05) is 16.9 Å². The van der Waals surface area contributed by atoms with Crippen molar-refractivity contribution in [1.29, 1.82) is 0 Å². The Balaban J connectivity index is 2.03. The Morgan fingerprint density at radius 1 is 1.26 bits per heavy atom. The van der Waals surface area contributed by atoms with Gasteiger partial charge in [0.05, 0.1) is 11.7 Å². The lowest BCUT2D eigenvalue weighted by Gasteiger charge is -2.27. The van der Waals surface area contributed by atoms with E-state index in [-0.39, 0.29) is 0 Å². The molecule has 4 heteroatoms. The van der Waals surface area contributed by atoms with Crippen LogP contribution < -0.4 is 0 Å². The molecule has 0 radical (unpaired) electrons. The van der Waals surface area contributed by atoms with Gasteiger partial charge in [0.2, 0.25) is 0 Å². The first kappa shape index (κ1) is 15.6. The van der Waals surface area contributed by atoms with E-state index in [4.69, 9.17) is 5.10 Å². The molecule has 0 saturated heterocycles. The molecule has 1 aromatic rings. The second-order valence-electron chi connectivity index (χ2n) is 5.88. The van der Waals surface area contributed by atoms with E-state index in [1.165, 1.54) is 44.2 Å². The predicted molar refractivity (Wildman–Crippen MR) is 88.4 cm³/mol. The minimum atomic E-state index is 0.297. The quantitative estimate of drug-likeness (QED) is 0.615. The zero-order valence-electron chi connectivity index (χ0n) is 11.7. The standard InChI is InChI=1S/C15H24Br2N2/c1-2-15(11-16,12-17)10-13-8-9-19(18-13)14-6-4-3-5-7-14/h8-9,14H,2-7,10-12H2,1H3. The number of alkyl halides is 2. The average Bonchev–Trinajstić information content (AvgIpc) is 2.94. The summed E-state index contributed by atoms with van der Waals surface area (Å²) in [6.07, 6.45) is 11.1. The van der Waals surface area contributed by atoms with Crippen LogP contribution >= 0.6 is 31.9 Å². The molecule has 19 heavy (non-hydrogen) atoms. The number of hydrogen-bond acceptors (Lipinski definition) is 1. The molecule has 0 atom stereocenters. The van der Waals surface area contributed by atoms with Crippen molar-refractivity contribution in [1.82, 2.24) is 9.78 Å². The molecule has 108 valence electrons. The van der Waals surface area contributed by atoms with E-state index in [9.17, 15) is 0 Å². The van der Waals surface area contributed by atoms with Crippen LogP contribution in [-0.2, 0) is 6.42 Å². The van der Waals surface area contributed by atoms with E-state index in [1.54, 1.807) is 0 Å². The van der Waals surface area contributed by atoms with Crippen LogP contribution in [0.25, 0.3) is 0 Å². The van der Waals surface area contributed by atoms with Crippen molar-refractivity contribution < 1.29 is 0 Å². The van der Waals surface area contributed by atoms with Crippen molar-refractivity contribution in [2.75, 3.05) is 10.7 Å². The maximum Gasteiger partial charge on any atom is 0.0630 e. The van der Waals surface area contributed by atoms with Gasteiger partial charge in [-0.15, -0.1) is 0 Å². The second kappa shape index (κ2) is 7.26. The van der Waals surface area contributed by atoms with Gasteiger partial charge in [0.15, 0.2) is 0 Å². The number of halogens is 2. The molecule has 1 heterocycles. The molecule has 0 aliphatic heterocycles. The lowest BCUT2D eigenvalue weighted by molar-refractivity contribution is 0.322. The van der Waals surface area contributed by atoms with Gasteiger partial charge in [-0.05, 0) is 37.2 Å². The predicted octanol–water partition coefficient (Wildman–Crippen LogP) is 5.12. The van der Waals surface area contributed by atoms with Gasteiger partial charge in [-0.3, -0.25) is 4.68 Å². The molecule has 2 nitrogen and oxygen atoms in total. The van der Waals surface area contributed by atoms with E-state index in [0.29, 0.717) is 11.5 Å². The first-order chi connectivity index (χ1) is 9.23. The molecule has 0 bridgehead atoms. The van der Waals surface area contributed by atoms with Crippen molar-refractivity contribution in [3.63, 3.8) is 0 Å². The molecule has 0 aromatic carbocycles. The summed E-state index contributed by atoms with van der Waals surface area (Å²) in [7, 11) is 0. The maximum absolute atomic E-state index is 4.84. The Kier molecular flexibility index (Phi) is 5.94. The van der Waals surface area contributed by atoms with Crippen molar-refractivity contribution in [3.8, 4) is 0 Å². The highest BCUT2D eigenvalue weighted by atomic mass is 79.9. The van der Waals surface area contributed by atoms with Crippen LogP contribution in [0.3, 0.4) is 0 Å². The Bertz CT molecular complexity index is 371. The fourth-order valence-electron chi connectivity index (χ4n) is 2.85. The molecule has 0 unspecified atom stereocenters. The van der Waals surface area contributed by atoms with Crippen molar-refractivity contribution >= 4 is 31.9 Å². The van der Waals surface area contributed by atoms with Gasteiger partial charge in [0.25, 0.3) is 0 Å². The highest BCUT2D eigenvalue weighted by molar-refractivity contribution is 9.09. The summed E-state index contributed by atoms with van der Waals surface area (Å²) in [5.74, 6) is 0. The van der Waals surface area contributed by atoms with Crippen LogP contribution in [0.4, 0.5) is 0 Å². The van der Waals surface area contributed by atoms with Crippen LogP contribution in [0.2, 0.25) is 0 Å². The summed E-state index contributed by atoms with van der Waals surface area (Å²) in [6.45, 7) is 2.26. The number of nitrogens with zero attached hydrogens (tertiary/aromatic N) is 2. The van der Waals surface area contributed by atoms with Crippen molar-refractivity contribution in [2.24, 2.45) is 5.41 Å². The monoisotopic (exact) mass is 390 g/mol. The molecule has 0 amide bonds. The van der Waals surface area contributed by atoms with Crippen molar-refractivity contribution in [2.45, 2.75) is 57.9 Å². The summed E-state index contributed by atoms with van der Waals surface area (Å²) in [6, 6.07) is 2.86. The Labute approximate surface area is 133 Å². The first-order valence-corrected chi connectivity index (χ1v) is 9.63. The Morgan fingerprint density at radius 2 is 1.95 bits per heavy atom. The van der Waals surface area contributed by atoms with E-state index in [2.05, 4.69) is 55.7 Å². The van der Waals surface area contributed by atoms with Crippen LogP contribution in [0.5, 0.6) is 0 Å². The molecule has 1 aromatic heterocycles. The lowest BCUT2D eigenvalue weighted by atomic mass is 9.85. The summed E-state index contributed by atoms with van der Waals surface area (Å²) < 4.78 is 2.22.